The van der Waals surface area contributed by atoms with E-state index in [2.05, 4.69) is 200 Å². The number of aromatic nitrogens is 2. The zero-order valence-electron chi connectivity index (χ0n) is 34.6. The maximum absolute atomic E-state index is 5.31. The Hall–Kier alpha value is -7.42. The number of fused-ring (bicyclic) bond motifs is 7. The third-order valence-corrected chi connectivity index (χ3v) is 13.7. The summed E-state index contributed by atoms with van der Waals surface area (Å²) in [4.78, 5) is 10.5. The van der Waals surface area contributed by atoms with Gasteiger partial charge in [-0.05, 0) is 108 Å². The zero-order chi connectivity index (χ0) is 41.0. The Bertz CT molecular complexity index is 3300. The van der Waals surface area contributed by atoms with Gasteiger partial charge < -0.3 is 0 Å². The van der Waals surface area contributed by atoms with E-state index in [4.69, 9.17) is 9.97 Å². The summed E-state index contributed by atoms with van der Waals surface area (Å²) < 4.78 is 0. The highest BCUT2D eigenvalue weighted by atomic mass is 14.9. The van der Waals surface area contributed by atoms with Crippen LogP contribution in [0.5, 0.6) is 0 Å². The van der Waals surface area contributed by atoms with Crippen molar-refractivity contribution in [3.8, 4) is 78.4 Å². The Balaban J connectivity index is 1.02. The minimum absolute atomic E-state index is 0.0660. The minimum Gasteiger partial charge on any atom is -0.228 e. The summed E-state index contributed by atoms with van der Waals surface area (Å²) in [5.74, 6) is 0.710. The van der Waals surface area contributed by atoms with Gasteiger partial charge in [0, 0.05) is 22.1 Å². The monoisotopic (exact) mass is 792 g/mol. The summed E-state index contributed by atoms with van der Waals surface area (Å²) in [6.45, 7) is 0. The number of hydrogen-bond donors (Lipinski definition) is 0. The third-order valence-electron chi connectivity index (χ3n) is 13.7. The highest BCUT2D eigenvalue weighted by molar-refractivity contribution is 6.10. The quantitative estimate of drug-likeness (QED) is 0.168. The van der Waals surface area contributed by atoms with Gasteiger partial charge in [0.25, 0.3) is 0 Å². The van der Waals surface area contributed by atoms with Gasteiger partial charge in [-0.2, -0.15) is 0 Å². The Morgan fingerprint density at radius 1 is 0.323 bits per heavy atom. The van der Waals surface area contributed by atoms with Crippen LogP contribution in [0, 0.1) is 0 Å². The SMILES string of the molecule is c1ccc(-c2ccc(-c3cc(-c4ccccc4-c4ccc(-c5cccc6c5-c5cc7ccccc7cc5C65CCCCC5)c5ccccc45)nc(-c4ccccc4)n3)cc2)cc1. The van der Waals surface area contributed by atoms with Crippen LogP contribution in [0.25, 0.3) is 100.0 Å². The second kappa shape index (κ2) is 14.9. The number of rotatable bonds is 6. The molecule has 0 saturated heterocycles. The van der Waals surface area contributed by atoms with E-state index in [1.54, 1.807) is 0 Å². The van der Waals surface area contributed by atoms with Gasteiger partial charge in [-0.15, -0.1) is 0 Å². The Labute approximate surface area is 363 Å². The average Bonchev–Trinajstić information content (AvgIpc) is 3.60. The topological polar surface area (TPSA) is 25.8 Å². The smallest absolute Gasteiger partial charge is 0.160 e. The summed E-state index contributed by atoms with van der Waals surface area (Å²) in [6, 6.07) is 75.3. The van der Waals surface area contributed by atoms with Crippen LogP contribution in [0.3, 0.4) is 0 Å². The molecule has 1 spiro atoms. The van der Waals surface area contributed by atoms with Crippen molar-refractivity contribution in [3.05, 3.63) is 217 Å². The molecule has 2 aliphatic rings. The van der Waals surface area contributed by atoms with Gasteiger partial charge >= 0.3 is 0 Å². The lowest BCUT2D eigenvalue weighted by Gasteiger charge is -2.36. The van der Waals surface area contributed by atoms with Crippen LogP contribution in [0.15, 0.2) is 206 Å². The van der Waals surface area contributed by atoms with Crippen LogP contribution >= 0.6 is 0 Å². The summed E-state index contributed by atoms with van der Waals surface area (Å²) >= 11 is 0. The molecule has 2 heteroatoms. The largest absolute Gasteiger partial charge is 0.228 e. The Morgan fingerprint density at radius 2 is 0.871 bits per heavy atom. The van der Waals surface area contributed by atoms with E-state index in [-0.39, 0.29) is 5.41 Å². The number of benzene rings is 9. The van der Waals surface area contributed by atoms with Crippen molar-refractivity contribution in [3.63, 3.8) is 0 Å². The summed E-state index contributed by atoms with van der Waals surface area (Å²) in [7, 11) is 0. The average molecular weight is 793 g/mol. The molecule has 2 nitrogen and oxygen atoms in total. The molecule has 0 atom stereocenters. The van der Waals surface area contributed by atoms with E-state index < -0.39 is 0 Å². The molecule has 0 amide bonds. The summed E-state index contributed by atoms with van der Waals surface area (Å²) in [6.07, 6.45) is 6.28. The molecule has 2 aliphatic carbocycles. The second-order valence-electron chi connectivity index (χ2n) is 17.1. The van der Waals surface area contributed by atoms with E-state index >= 15 is 0 Å². The van der Waals surface area contributed by atoms with Gasteiger partial charge in [0.15, 0.2) is 5.82 Å². The van der Waals surface area contributed by atoms with Gasteiger partial charge in [-0.25, -0.2) is 9.97 Å². The van der Waals surface area contributed by atoms with Crippen LogP contribution < -0.4 is 0 Å². The van der Waals surface area contributed by atoms with Gasteiger partial charge in [-0.1, -0.05) is 207 Å². The van der Waals surface area contributed by atoms with E-state index in [0.717, 1.165) is 33.6 Å². The first kappa shape index (κ1) is 36.4. The fourth-order valence-electron chi connectivity index (χ4n) is 10.8. The lowest BCUT2D eigenvalue weighted by molar-refractivity contribution is 0.353. The first-order chi connectivity index (χ1) is 30.7. The molecular formula is C60H44N2. The molecule has 0 N–H and O–H groups in total. The minimum atomic E-state index is 0.0660. The molecule has 1 aromatic heterocycles. The zero-order valence-corrected chi connectivity index (χ0v) is 34.6. The molecule has 62 heavy (non-hydrogen) atoms. The molecule has 1 saturated carbocycles. The number of hydrogen-bond acceptors (Lipinski definition) is 2. The molecule has 0 unspecified atom stereocenters. The molecule has 1 fully saturated rings. The molecule has 0 radical (unpaired) electrons. The van der Waals surface area contributed by atoms with Crippen LogP contribution in [-0.4, -0.2) is 9.97 Å². The van der Waals surface area contributed by atoms with Crippen LogP contribution in [0.4, 0.5) is 0 Å². The second-order valence-corrected chi connectivity index (χ2v) is 17.1. The summed E-state index contributed by atoms with van der Waals surface area (Å²) in [5, 5.41) is 5.14. The predicted octanol–water partition coefficient (Wildman–Crippen LogP) is 16.0. The predicted molar refractivity (Wildman–Crippen MR) is 259 cm³/mol. The van der Waals surface area contributed by atoms with Gasteiger partial charge in [0.1, 0.15) is 0 Å². The molecule has 9 aromatic carbocycles. The highest BCUT2D eigenvalue weighted by Gasteiger charge is 2.44. The first-order valence-corrected chi connectivity index (χ1v) is 22.1. The normalized spacial score (nSPS) is 13.9. The highest BCUT2D eigenvalue weighted by Crippen LogP contribution is 2.59. The van der Waals surface area contributed by atoms with Gasteiger partial charge in [0.05, 0.1) is 11.4 Å². The molecule has 294 valence electrons. The van der Waals surface area contributed by atoms with Crippen molar-refractivity contribution in [2.45, 2.75) is 37.5 Å². The van der Waals surface area contributed by atoms with Gasteiger partial charge in [-0.3, -0.25) is 0 Å². The molecule has 0 aliphatic heterocycles. The van der Waals surface area contributed by atoms with E-state index in [9.17, 15) is 0 Å². The standard InChI is InChI=1S/C60H44N2/c1-4-17-40(18-5-1)41-29-31-42(32-30-41)56-39-57(62-59(61-56)43-19-6-2-7-20-43)51-26-13-12-25-48(51)49-33-34-50(47-24-11-10-23-46(47)49)52-27-16-28-54-58(52)53-37-44-21-8-9-22-45(44)38-55(53)60(54)35-14-3-15-36-60/h1-2,4-13,16-34,37-39H,3,14-15,35-36H2. The van der Waals surface area contributed by atoms with Crippen LogP contribution in [0.2, 0.25) is 0 Å². The maximum Gasteiger partial charge on any atom is 0.160 e. The van der Waals surface area contributed by atoms with E-state index in [0.29, 0.717) is 5.82 Å². The Morgan fingerprint density at radius 3 is 1.60 bits per heavy atom. The molecule has 12 rings (SSSR count). The lowest BCUT2D eigenvalue weighted by Crippen LogP contribution is -2.28. The molecule has 10 aromatic rings. The first-order valence-electron chi connectivity index (χ1n) is 22.1. The molecule has 1 heterocycles. The summed E-state index contributed by atoms with van der Waals surface area (Å²) in [5.41, 5.74) is 18.2. The fraction of sp³-hybridized carbons (Fsp3) is 0.100. The Kier molecular flexibility index (Phi) is 8.78. The van der Waals surface area contributed by atoms with Crippen molar-refractivity contribution in [1.82, 2.24) is 9.97 Å². The third kappa shape index (κ3) is 6.01. The fourth-order valence-corrected chi connectivity index (χ4v) is 10.8. The number of nitrogens with zero attached hydrogens (tertiary/aromatic N) is 2. The molecule has 0 bridgehead atoms. The lowest BCUT2D eigenvalue weighted by atomic mass is 9.67. The van der Waals surface area contributed by atoms with Crippen molar-refractivity contribution < 1.29 is 0 Å². The molecular weight excluding hydrogens is 749 g/mol. The van der Waals surface area contributed by atoms with Crippen molar-refractivity contribution in [2.24, 2.45) is 0 Å². The van der Waals surface area contributed by atoms with Crippen LogP contribution in [-0.2, 0) is 5.41 Å². The maximum atomic E-state index is 5.31. The van der Waals surface area contributed by atoms with Crippen molar-refractivity contribution in [1.29, 1.82) is 0 Å². The van der Waals surface area contributed by atoms with Crippen LogP contribution in [0.1, 0.15) is 43.2 Å². The van der Waals surface area contributed by atoms with Gasteiger partial charge in [0.2, 0.25) is 0 Å². The van der Waals surface area contributed by atoms with Crippen molar-refractivity contribution >= 4 is 21.5 Å². The van der Waals surface area contributed by atoms with E-state index in [1.807, 2.05) is 6.07 Å². The van der Waals surface area contributed by atoms with Crippen molar-refractivity contribution in [2.75, 3.05) is 0 Å². The van der Waals surface area contributed by atoms with E-state index in [1.165, 1.54) is 104 Å².